The van der Waals surface area contributed by atoms with Crippen molar-refractivity contribution < 1.29 is 4.74 Å². The van der Waals surface area contributed by atoms with Gasteiger partial charge in [-0.2, -0.15) is 0 Å². The van der Waals surface area contributed by atoms with Gasteiger partial charge >= 0.3 is 0 Å². The lowest BCUT2D eigenvalue weighted by molar-refractivity contribution is 0.304. The average Bonchev–Trinajstić information content (AvgIpc) is 2.52. The van der Waals surface area contributed by atoms with E-state index in [9.17, 15) is 0 Å². The Bertz CT molecular complexity index is 334. The lowest BCUT2D eigenvalue weighted by Gasteiger charge is -2.09. The lowest BCUT2D eigenvalue weighted by Crippen LogP contribution is -2.01. The molecule has 1 aromatic rings. The first-order valence-electron chi connectivity index (χ1n) is 8.83. The monoisotopic (exact) mass is 291 g/mol. The molecule has 0 aliphatic heterocycles. The van der Waals surface area contributed by atoms with Gasteiger partial charge in [0, 0.05) is 12.2 Å². The second-order valence-electron chi connectivity index (χ2n) is 5.77. The smallest absolute Gasteiger partial charge is 0.119 e. The van der Waals surface area contributed by atoms with Crippen molar-refractivity contribution >= 4 is 5.69 Å². The highest BCUT2D eigenvalue weighted by Gasteiger charge is 1.96. The lowest BCUT2D eigenvalue weighted by atomic mass is 10.2. The molecule has 0 bridgehead atoms. The normalized spacial score (nSPS) is 10.6. The molecule has 0 fully saturated rings. The molecule has 0 saturated carbocycles. The van der Waals surface area contributed by atoms with Crippen molar-refractivity contribution in [2.75, 3.05) is 18.5 Å². The van der Waals surface area contributed by atoms with Gasteiger partial charge in [0.15, 0.2) is 0 Å². The Morgan fingerprint density at radius 2 is 1.38 bits per heavy atom. The van der Waals surface area contributed by atoms with E-state index in [-0.39, 0.29) is 0 Å². The summed E-state index contributed by atoms with van der Waals surface area (Å²) < 4.78 is 5.77. The number of ether oxygens (including phenoxy) is 1. The highest BCUT2D eigenvalue weighted by Crippen LogP contribution is 2.16. The third kappa shape index (κ3) is 9.38. The summed E-state index contributed by atoms with van der Waals surface area (Å²) in [6, 6.07) is 8.37. The van der Waals surface area contributed by atoms with Gasteiger partial charge < -0.3 is 10.1 Å². The largest absolute Gasteiger partial charge is 0.494 e. The molecule has 2 nitrogen and oxygen atoms in total. The van der Waals surface area contributed by atoms with Gasteiger partial charge in [-0.25, -0.2) is 0 Å². The van der Waals surface area contributed by atoms with Gasteiger partial charge in [0.2, 0.25) is 0 Å². The second-order valence-corrected chi connectivity index (χ2v) is 5.77. The van der Waals surface area contributed by atoms with E-state index in [0.29, 0.717) is 0 Å². The van der Waals surface area contributed by atoms with Crippen molar-refractivity contribution in [3.63, 3.8) is 0 Å². The molecule has 0 aromatic heterocycles. The second kappa shape index (κ2) is 12.6. The number of unbranched alkanes of at least 4 members (excludes halogenated alkanes) is 7. The van der Waals surface area contributed by atoms with Gasteiger partial charge in [-0.15, -0.1) is 0 Å². The molecule has 0 spiro atoms. The number of benzene rings is 1. The van der Waals surface area contributed by atoms with Crippen molar-refractivity contribution in [1.82, 2.24) is 0 Å². The first-order valence-corrected chi connectivity index (χ1v) is 8.83. The Labute approximate surface area is 131 Å². The molecular weight excluding hydrogens is 258 g/mol. The predicted octanol–water partition coefficient (Wildman–Crippen LogP) is 6.03. The molecule has 21 heavy (non-hydrogen) atoms. The fraction of sp³-hybridized carbons (Fsp3) is 0.684. The molecule has 0 saturated heterocycles. The molecular formula is C19H33NO. The molecule has 0 aliphatic carbocycles. The number of nitrogens with one attached hydrogen (secondary N) is 1. The maximum atomic E-state index is 5.77. The molecule has 0 heterocycles. The zero-order valence-corrected chi connectivity index (χ0v) is 14.0. The summed E-state index contributed by atoms with van der Waals surface area (Å²) in [6.07, 6.45) is 11.6. The van der Waals surface area contributed by atoms with Crippen LogP contribution in [0.4, 0.5) is 5.69 Å². The van der Waals surface area contributed by atoms with E-state index in [2.05, 4.69) is 43.4 Å². The molecule has 0 unspecified atom stereocenters. The van der Waals surface area contributed by atoms with Gasteiger partial charge in [-0.05, 0) is 37.1 Å². The Morgan fingerprint density at radius 3 is 2.05 bits per heavy atom. The van der Waals surface area contributed by atoms with Gasteiger partial charge in [0.05, 0.1) is 6.61 Å². The maximum Gasteiger partial charge on any atom is 0.119 e. The Kier molecular flexibility index (Phi) is 10.7. The van der Waals surface area contributed by atoms with Crippen LogP contribution in [0.5, 0.6) is 5.75 Å². The average molecular weight is 291 g/mol. The molecule has 120 valence electrons. The van der Waals surface area contributed by atoms with Crippen molar-refractivity contribution in [2.24, 2.45) is 0 Å². The molecule has 0 atom stereocenters. The summed E-state index contributed by atoms with van der Waals surface area (Å²) in [6.45, 7) is 6.40. The van der Waals surface area contributed by atoms with Gasteiger partial charge in [0.25, 0.3) is 0 Å². The summed E-state index contributed by atoms with van der Waals surface area (Å²) in [5.41, 5.74) is 1.20. The molecule has 1 N–H and O–H groups in total. The fourth-order valence-electron chi connectivity index (χ4n) is 2.35. The highest BCUT2D eigenvalue weighted by atomic mass is 16.5. The molecule has 0 radical (unpaired) electrons. The van der Waals surface area contributed by atoms with Gasteiger partial charge in [-0.1, -0.05) is 58.8 Å². The number of anilines is 1. The highest BCUT2D eigenvalue weighted by molar-refractivity contribution is 5.46. The van der Waals surface area contributed by atoms with Gasteiger partial charge in [-0.3, -0.25) is 0 Å². The van der Waals surface area contributed by atoms with Crippen LogP contribution in [-0.4, -0.2) is 13.2 Å². The summed E-state index contributed by atoms with van der Waals surface area (Å²) in [4.78, 5) is 0. The number of rotatable bonds is 13. The van der Waals surface area contributed by atoms with Crippen molar-refractivity contribution in [2.45, 2.75) is 71.6 Å². The zero-order valence-electron chi connectivity index (χ0n) is 14.0. The summed E-state index contributed by atoms with van der Waals surface area (Å²) in [5, 5.41) is 3.47. The first-order chi connectivity index (χ1) is 10.4. The minimum absolute atomic E-state index is 0.841. The minimum atomic E-state index is 0.841. The van der Waals surface area contributed by atoms with Gasteiger partial charge in [0.1, 0.15) is 5.75 Å². The predicted molar refractivity (Wildman–Crippen MR) is 93.3 cm³/mol. The van der Waals surface area contributed by atoms with Crippen LogP contribution in [0.3, 0.4) is 0 Å². The Balaban J connectivity index is 2.09. The van der Waals surface area contributed by atoms with Crippen molar-refractivity contribution in [3.8, 4) is 5.75 Å². The standard InChI is InChI=1S/C19H33NO/c1-3-5-7-9-11-17-21-19-14-12-18(13-15-19)20-16-10-8-6-4-2/h12-15,20H,3-11,16-17H2,1-2H3. The topological polar surface area (TPSA) is 21.3 Å². The minimum Gasteiger partial charge on any atom is -0.494 e. The summed E-state index contributed by atoms with van der Waals surface area (Å²) >= 11 is 0. The van der Waals surface area contributed by atoms with E-state index in [0.717, 1.165) is 25.3 Å². The third-order valence-corrected chi connectivity index (χ3v) is 3.73. The first kappa shape index (κ1) is 17.9. The van der Waals surface area contributed by atoms with Crippen LogP contribution in [-0.2, 0) is 0 Å². The number of hydrogen-bond donors (Lipinski definition) is 1. The van der Waals surface area contributed by atoms with Crippen molar-refractivity contribution in [1.29, 1.82) is 0 Å². The van der Waals surface area contributed by atoms with Crippen LogP contribution < -0.4 is 10.1 Å². The molecule has 1 aromatic carbocycles. The van der Waals surface area contributed by atoms with Crippen LogP contribution in [0.2, 0.25) is 0 Å². The van der Waals surface area contributed by atoms with E-state index in [1.165, 1.54) is 57.1 Å². The summed E-state index contributed by atoms with van der Waals surface area (Å²) in [7, 11) is 0. The molecule has 1 rings (SSSR count). The van der Waals surface area contributed by atoms with Crippen LogP contribution in [0.25, 0.3) is 0 Å². The maximum absolute atomic E-state index is 5.77. The van der Waals surface area contributed by atoms with Crippen molar-refractivity contribution in [3.05, 3.63) is 24.3 Å². The zero-order chi connectivity index (χ0) is 15.2. The Morgan fingerprint density at radius 1 is 0.762 bits per heavy atom. The van der Waals surface area contributed by atoms with Crippen LogP contribution in [0, 0.1) is 0 Å². The fourth-order valence-corrected chi connectivity index (χ4v) is 2.35. The van der Waals surface area contributed by atoms with Crippen LogP contribution >= 0.6 is 0 Å². The Hall–Kier alpha value is -1.18. The van der Waals surface area contributed by atoms with E-state index < -0.39 is 0 Å². The number of hydrogen-bond acceptors (Lipinski definition) is 2. The third-order valence-electron chi connectivity index (χ3n) is 3.73. The molecule has 0 aliphatic rings. The van der Waals surface area contributed by atoms with Crippen LogP contribution in [0.15, 0.2) is 24.3 Å². The SMILES string of the molecule is CCCCCCCOc1ccc(NCCCCCC)cc1. The van der Waals surface area contributed by atoms with E-state index in [4.69, 9.17) is 4.74 Å². The molecule has 0 amide bonds. The van der Waals surface area contributed by atoms with E-state index in [1.54, 1.807) is 0 Å². The van der Waals surface area contributed by atoms with Crippen LogP contribution in [0.1, 0.15) is 71.6 Å². The van der Waals surface area contributed by atoms with E-state index >= 15 is 0 Å². The quantitative estimate of drug-likeness (QED) is 0.448. The van der Waals surface area contributed by atoms with E-state index in [1.807, 2.05) is 0 Å². The summed E-state index contributed by atoms with van der Waals surface area (Å²) in [5.74, 6) is 0.988. The molecule has 2 heteroatoms.